The van der Waals surface area contributed by atoms with Gasteiger partial charge in [0.2, 0.25) is 0 Å². The molecule has 110 valence electrons. The molecule has 0 saturated carbocycles. The van der Waals surface area contributed by atoms with Crippen LogP contribution in [0.2, 0.25) is 0 Å². The highest BCUT2D eigenvalue weighted by Gasteiger charge is 2.34. The Morgan fingerprint density at radius 3 is 2.53 bits per heavy atom. The van der Waals surface area contributed by atoms with Gasteiger partial charge in [0.15, 0.2) is 0 Å². The van der Waals surface area contributed by atoms with E-state index in [-0.39, 0.29) is 17.9 Å². The summed E-state index contributed by atoms with van der Waals surface area (Å²) >= 11 is 0. The SMILES string of the molecule is CCC(C)N1CC(NC(=O)OC)CC(C(=O)OC)C1. The van der Waals surface area contributed by atoms with E-state index in [2.05, 4.69) is 28.8 Å². The summed E-state index contributed by atoms with van der Waals surface area (Å²) in [4.78, 5) is 25.2. The highest BCUT2D eigenvalue weighted by Crippen LogP contribution is 2.21. The van der Waals surface area contributed by atoms with Crippen LogP contribution in [0, 0.1) is 5.92 Å². The third-order valence-corrected chi connectivity index (χ3v) is 3.73. The van der Waals surface area contributed by atoms with E-state index in [1.807, 2.05) is 0 Å². The molecule has 1 rings (SSSR count). The second-order valence-corrected chi connectivity index (χ2v) is 5.00. The summed E-state index contributed by atoms with van der Waals surface area (Å²) in [6.45, 7) is 5.64. The number of nitrogens with zero attached hydrogens (tertiary/aromatic N) is 1. The zero-order chi connectivity index (χ0) is 14.4. The molecule has 1 N–H and O–H groups in total. The summed E-state index contributed by atoms with van der Waals surface area (Å²) in [5.41, 5.74) is 0. The first-order valence-electron chi connectivity index (χ1n) is 6.68. The molecule has 6 nitrogen and oxygen atoms in total. The largest absolute Gasteiger partial charge is 0.469 e. The van der Waals surface area contributed by atoms with E-state index in [0.717, 1.165) is 13.0 Å². The number of hydrogen-bond acceptors (Lipinski definition) is 5. The molecule has 3 atom stereocenters. The molecule has 1 aliphatic rings. The van der Waals surface area contributed by atoms with Crippen LogP contribution in [0.1, 0.15) is 26.7 Å². The quantitative estimate of drug-likeness (QED) is 0.773. The number of likely N-dealkylation sites (tertiary alicyclic amines) is 1. The highest BCUT2D eigenvalue weighted by atomic mass is 16.5. The Balaban J connectivity index is 2.71. The average Bonchev–Trinajstić information content (AvgIpc) is 2.44. The lowest BCUT2D eigenvalue weighted by atomic mass is 9.93. The first-order valence-corrected chi connectivity index (χ1v) is 6.68. The standard InChI is InChI=1S/C13H24N2O4/c1-5-9(2)15-7-10(12(16)18-3)6-11(8-15)14-13(17)19-4/h9-11H,5-8H2,1-4H3,(H,14,17). The molecule has 3 unspecified atom stereocenters. The Hall–Kier alpha value is -1.30. The van der Waals surface area contributed by atoms with Gasteiger partial charge in [-0.15, -0.1) is 0 Å². The number of ether oxygens (including phenoxy) is 2. The number of methoxy groups -OCH3 is 2. The third-order valence-electron chi connectivity index (χ3n) is 3.73. The van der Waals surface area contributed by atoms with Crippen LogP contribution in [-0.4, -0.2) is 56.4 Å². The second kappa shape index (κ2) is 7.33. The predicted molar refractivity (Wildman–Crippen MR) is 70.8 cm³/mol. The Kier molecular flexibility index (Phi) is 6.08. The lowest BCUT2D eigenvalue weighted by molar-refractivity contribution is -0.148. The fraction of sp³-hybridized carbons (Fsp3) is 0.846. The van der Waals surface area contributed by atoms with Crippen molar-refractivity contribution in [3.8, 4) is 0 Å². The Bertz CT molecular complexity index is 322. The van der Waals surface area contributed by atoms with E-state index >= 15 is 0 Å². The predicted octanol–water partition coefficient (Wildman–Crippen LogP) is 1.00. The maximum absolute atomic E-state index is 11.7. The molecule has 6 heteroatoms. The van der Waals surface area contributed by atoms with Gasteiger partial charge in [-0.05, 0) is 19.8 Å². The van der Waals surface area contributed by atoms with Crippen LogP contribution < -0.4 is 5.32 Å². The molecule has 19 heavy (non-hydrogen) atoms. The van der Waals surface area contributed by atoms with E-state index in [1.54, 1.807) is 0 Å². The number of piperidine rings is 1. The molecule has 1 saturated heterocycles. The maximum atomic E-state index is 11.7. The van der Waals surface area contributed by atoms with Crippen molar-refractivity contribution in [1.29, 1.82) is 0 Å². The molecule has 0 radical (unpaired) electrons. The number of nitrogens with one attached hydrogen (secondary N) is 1. The Morgan fingerprint density at radius 1 is 1.32 bits per heavy atom. The molecule has 0 aromatic heterocycles. The summed E-state index contributed by atoms with van der Waals surface area (Å²) in [6, 6.07) is 0.286. The molecule has 0 aromatic rings. The molecular formula is C13H24N2O4. The Labute approximate surface area is 114 Å². The molecule has 0 aliphatic carbocycles. The first-order chi connectivity index (χ1) is 9.01. The smallest absolute Gasteiger partial charge is 0.407 e. The van der Waals surface area contributed by atoms with Crippen molar-refractivity contribution >= 4 is 12.1 Å². The average molecular weight is 272 g/mol. The van der Waals surface area contributed by atoms with Gasteiger partial charge in [-0.1, -0.05) is 6.92 Å². The van der Waals surface area contributed by atoms with Crippen LogP contribution >= 0.6 is 0 Å². The highest BCUT2D eigenvalue weighted by molar-refractivity contribution is 5.73. The van der Waals surface area contributed by atoms with Crippen molar-refractivity contribution in [3.63, 3.8) is 0 Å². The van der Waals surface area contributed by atoms with E-state index in [0.29, 0.717) is 19.0 Å². The number of carbonyl (C=O) groups excluding carboxylic acids is 2. The van der Waals surface area contributed by atoms with Crippen molar-refractivity contribution in [2.75, 3.05) is 27.3 Å². The van der Waals surface area contributed by atoms with Gasteiger partial charge < -0.3 is 14.8 Å². The Morgan fingerprint density at radius 2 is 2.00 bits per heavy atom. The summed E-state index contributed by atoms with van der Waals surface area (Å²) in [5.74, 6) is -0.417. The molecular weight excluding hydrogens is 248 g/mol. The topological polar surface area (TPSA) is 67.9 Å². The first kappa shape index (κ1) is 15.8. The lowest BCUT2D eigenvalue weighted by Crippen LogP contribution is -2.54. The van der Waals surface area contributed by atoms with Gasteiger partial charge in [-0.3, -0.25) is 9.69 Å². The van der Waals surface area contributed by atoms with Crippen LogP contribution in [0.4, 0.5) is 4.79 Å². The number of hydrogen-bond donors (Lipinski definition) is 1. The lowest BCUT2D eigenvalue weighted by Gasteiger charge is -2.39. The molecule has 0 aromatic carbocycles. The number of alkyl carbamates (subject to hydrolysis) is 1. The third kappa shape index (κ3) is 4.38. The second-order valence-electron chi connectivity index (χ2n) is 5.00. The van der Waals surface area contributed by atoms with Gasteiger partial charge in [-0.2, -0.15) is 0 Å². The number of amides is 1. The van der Waals surface area contributed by atoms with Crippen LogP contribution in [0.3, 0.4) is 0 Å². The zero-order valence-electron chi connectivity index (χ0n) is 12.1. The summed E-state index contributed by atoms with van der Waals surface area (Å²) in [7, 11) is 2.73. The minimum atomic E-state index is -0.459. The van der Waals surface area contributed by atoms with Gasteiger partial charge in [0.05, 0.1) is 20.1 Å². The molecule has 0 bridgehead atoms. The number of carbonyl (C=O) groups is 2. The van der Waals surface area contributed by atoms with Crippen molar-refractivity contribution in [3.05, 3.63) is 0 Å². The van der Waals surface area contributed by atoms with E-state index in [1.165, 1.54) is 14.2 Å². The maximum Gasteiger partial charge on any atom is 0.407 e. The van der Waals surface area contributed by atoms with Gasteiger partial charge >= 0.3 is 12.1 Å². The molecule has 1 amide bonds. The fourth-order valence-corrected chi connectivity index (χ4v) is 2.42. The van der Waals surface area contributed by atoms with Crippen LogP contribution in [-0.2, 0) is 14.3 Å². The van der Waals surface area contributed by atoms with E-state index < -0.39 is 6.09 Å². The van der Waals surface area contributed by atoms with Crippen LogP contribution in [0.5, 0.6) is 0 Å². The molecule has 1 aliphatic heterocycles. The normalized spacial score (nSPS) is 25.5. The van der Waals surface area contributed by atoms with Crippen molar-refractivity contribution in [2.24, 2.45) is 5.92 Å². The zero-order valence-corrected chi connectivity index (χ0v) is 12.1. The van der Waals surface area contributed by atoms with Crippen molar-refractivity contribution < 1.29 is 19.1 Å². The molecule has 1 heterocycles. The minimum Gasteiger partial charge on any atom is -0.469 e. The van der Waals surface area contributed by atoms with Gasteiger partial charge in [-0.25, -0.2) is 4.79 Å². The minimum absolute atomic E-state index is 0.0840. The van der Waals surface area contributed by atoms with Gasteiger partial charge in [0.25, 0.3) is 0 Å². The van der Waals surface area contributed by atoms with E-state index in [4.69, 9.17) is 4.74 Å². The van der Waals surface area contributed by atoms with Crippen molar-refractivity contribution in [2.45, 2.75) is 38.8 Å². The summed E-state index contributed by atoms with van der Waals surface area (Å²) in [5, 5.41) is 2.78. The molecule has 1 fully saturated rings. The van der Waals surface area contributed by atoms with Crippen molar-refractivity contribution in [1.82, 2.24) is 10.2 Å². The van der Waals surface area contributed by atoms with Crippen LogP contribution in [0.25, 0.3) is 0 Å². The number of esters is 1. The van der Waals surface area contributed by atoms with Crippen LogP contribution in [0.15, 0.2) is 0 Å². The van der Waals surface area contributed by atoms with Gasteiger partial charge in [0.1, 0.15) is 0 Å². The fourth-order valence-electron chi connectivity index (χ4n) is 2.42. The van der Waals surface area contributed by atoms with Gasteiger partial charge in [0, 0.05) is 25.2 Å². The summed E-state index contributed by atoms with van der Waals surface area (Å²) < 4.78 is 9.43. The molecule has 0 spiro atoms. The summed E-state index contributed by atoms with van der Waals surface area (Å²) in [6.07, 6.45) is 1.13. The number of rotatable bonds is 4. The monoisotopic (exact) mass is 272 g/mol. The van der Waals surface area contributed by atoms with E-state index in [9.17, 15) is 9.59 Å².